The summed E-state index contributed by atoms with van der Waals surface area (Å²) < 4.78 is 3.88. The molecule has 0 saturated heterocycles. The molecule has 2 atom stereocenters. The van der Waals surface area contributed by atoms with E-state index in [1.54, 1.807) is 6.33 Å². The highest BCUT2D eigenvalue weighted by Gasteiger charge is 2.15. The zero-order chi connectivity index (χ0) is 22.0. The quantitative estimate of drug-likeness (QED) is 0.593. The van der Waals surface area contributed by atoms with Gasteiger partial charge in [0.2, 0.25) is 0 Å². The van der Waals surface area contributed by atoms with E-state index in [4.69, 9.17) is 0 Å². The van der Waals surface area contributed by atoms with E-state index in [2.05, 4.69) is 72.3 Å². The molecule has 3 aromatic heterocycles. The molecular formula is C22H34N8. The molecule has 0 amide bonds. The molecule has 0 aromatic carbocycles. The Morgan fingerprint density at radius 3 is 1.50 bits per heavy atom. The predicted octanol–water partition coefficient (Wildman–Crippen LogP) is 3.26. The molecule has 30 heavy (non-hydrogen) atoms. The number of aryl methyl sites for hydroxylation is 4. The third kappa shape index (κ3) is 4.80. The largest absolute Gasteiger partial charge is 0.367 e. The molecule has 0 saturated carbocycles. The Morgan fingerprint density at radius 1 is 0.767 bits per heavy atom. The molecular weight excluding hydrogens is 376 g/mol. The van der Waals surface area contributed by atoms with Crippen LogP contribution in [0, 0.1) is 27.7 Å². The SMILES string of the molecule is Cc1nn(C)c(C)c1CC(C)Nc1cc(NC(C)Cc2c(C)nn(C)c2C)ncn1. The number of anilines is 2. The van der Waals surface area contributed by atoms with E-state index in [0.717, 1.165) is 35.9 Å². The molecule has 0 aliphatic heterocycles. The summed E-state index contributed by atoms with van der Waals surface area (Å²) in [5, 5.41) is 16.0. The van der Waals surface area contributed by atoms with Crippen LogP contribution >= 0.6 is 0 Å². The first-order valence-electron chi connectivity index (χ1n) is 10.5. The summed E-state index contributed by atoms with van der Waals surface area (Å²) >= 11 is 0. The third-order valence-electron chi connectivity index (χ3n) is 5.79. The fourth-order valence-corrected chi connectivity index (χ4v) is 3.96. The van der Waals surface area contributed by atoms with Crippen LogP contribution in [0.3, 0.4) is 0 Å². The van der Waals surface area contributed by atoms with Crippen molar-refractivity contribution in [2.24, 2.45) is 14.1 Å². The molecule has 8 nitrogen and oxygen atoms in total. The lowest BCUT2D eigenvalue weighted by Gasteiger charge is -2.17. The van der Waals surface area contributed by atoms with Crippen LogP contribution in [0.5, 0.6) is 0 Å². The number of nitrogens with one attached hydrogen (secondary N) is 2. The average molecular weight is 411 g/mol. The van der Waals surface area contributed by atoms with Gasteiger partial charge in [-0.15, -0.1) is 0 Å². The molecule has 8 heteroatoms. The van der Waals surface area contributed by atoms with Crippen LogP contribution in [0.15, 0.2) is 12.4 Å². The van der Waals surface area contributed by atoms with Crippen molar-refractivity contribution >= 4 is 11.6 Å². The smallest absolute Gasteiger partial charge is 0.131 e. The second-order valence-electron chi connectivity index (χ2n) is 8.33. The molecule has 0 bridgehead atoms. The summed E-state index contributed by atoms with van der Waals surface area (Å²) in [7, 11) is 3.98. The van der Waals surface area contributed by atoms with Gasteiger partial charge < -0.3 is 10.6 Å². The van der Waals surface area contributed by atoms with E-state index in [0.29, 0.717) is 0 Å². The highest BCUT2D eigenvalue weighted by atomic mass is 15.3. The second-order valence-corrected chi connectivity index (χ2v) is 8.33. The van der Waals surface area contributed by atoms with E-state index >= 15 is 0 Å². The van der Waals surface area contributed by atoms with Crippen molar-refractivity contribution in [2.75, 3.05) is 10.6 Å². The van der Waals surface area contributed by atoms with E-state index in [-0.39, 0.29) is 12.1 Å². The minimum absolute atomic E-state index is 0.229. The van der Waals surface area contributed by atoms with Gasteiger partial charge in [-0.3, -0.25) is 9.36 Å². The van der Waals surface area contributed by atoms with Crippen LogP contribution in [-0.4, -0.2) is 41.6 Å². The van der Waals surface area contributed by atoms with E-state index < -0.39 is 0 Å². The Labute approximate surface area is 179 Å². The van der Waals surface area contributed by atoms with Crippen molar-refractivity contribution in [1.82, 2.24) is 29.5 Å². The molecule has 0 radical (unpaired) electrons. The van der Waals surface area contributed by atoms with Crippen molar-refractivity contribution in [1.29, 1.82) is 0 Å². The minimum atomic E-state index is 0.229. The molecule has 0 spiro atoms. The van der Waals surface area contributed by atoms with Gasteiger partial charge in [0.15, 0.2) is 0 Å². The Kier molecular flexibility index (Phi) is 6.43. The molecule has 2 unspecified atom stereocenters. The van der Waals surface area contributed by atoms with Gasteiger partial charge in [0.25, 0.3) is 0 Å². The summed E-state index contributed by atoms with van der Waals surface area (Å²) in [5.74, 6) is 1.64. The molecule has 2 N–H and O–H groups in total. The van der Waals surface area contributed by atoms with Crippen LogP contribution in [0.1, 0.15) is 47.8 Å². The topological polar surface area (TPSA) is 85.5 Å². The lowest BCUT2D eigenvalue weighted by molar-refractivity contribution is 0.726. The molecule has 3 heterocycles. The minimum Gasteiger partial charge on any atom is -0.367 e. The molecule has 3 rings (SSSR count). The molecule has 162 valence electrons. The number of rotatable bonds is 8. The molecule has 3 aromatic rings. The summed E-state index contributed by atoms with van der Waals surface area (Å²) in [6.07, 6.45) is 3.40. The maximum absolute atomic E-state index is 4.51. The fourth-order valence-electron chi connectivity index (χ4n) is 3.96. The van der Waals surface area contributed by atoms with Gasteiger partial charge in [-0.1, -0.05) is 0 Å². The van der Waals surface area contributed by atoms with Crippen molar-refractivity contribution in [3.8, 4) is 0 Å². The first-order valence-corrected chi connectivity index (χ1v) is 10.5. The summed E-state index contributed by atoms with van der Waals surface area (Å²) in [5.41, 5.74) is 7.18. The highest BCUT2D eigenvalue weighted by molar-refractivity contribution is 5.48. The van der Waals surface area contributed by atoms with Gasteiger partial charge in [0.05, 0.1) is 11.4 Å². The van der Waals surface area contributed by atoms with E-state index in [9.17, 15) is 0 Å². The monoisotopic (exact) mass is 410 g/mol. The summed E-state index contributed by atoms with van der Waals surface area (Å²) in [4.78, 5) is 8.80. The maximum Gasteiger partial charge on any atom is 0.131 e. The second kappa shape index (κ2) is 8.85. The van der Waals surface area contributed by atoms with Gasteiger partial charge in [-0.2, -0.15) is 10.2 Å². The van der Waals surface area contributed by atoms with Gasteiger partial charge in [0, 0.05) is 43.6 Å². The predicted molar refractivity (Wildman–Crippen MR) is 121 cm³/mol. The van der Waals surface area contributed by atoms with Crippen molar-refractivity contribution in [3.05, 3.63) is 46.3 Å². The van der Waals surface area contributed by atoms with Crippen molar-refractivity contribution in [2.45, 2.75) is 66.5 Å². The van der Waals surface area contributed by atoms with Gasteiger partial charge >= 0.3 is 0 Å². The zero-order valence-electron chi connectivity index (χ0n) is 19.4. The molecule has 0 aliphatic rings. The maximum atomic E-state index is 4.51. The Morgan fingerprint density at radius 2 is 1.17 bits per heavy atom. The van der Waals surface area contributed by atoms with Crippen molar-refractivity contribution in [3.63, 3.8) is 0 Å². The lowest BCUT2D eigenvalue weighted by Crippen LogP contribution is -2.22. The van der Waals surface area contributed by atoms with Crippen LogP contribution in [0.25, 0.3) is 0 Å². The first kappa shape index (κ1) is 21.8. The van der Waals surface area contributed by atoms with Crippen LogP contribution in [0.4, 0.5) is 11.6 Å². The molecule has 0 fully saturated rings. The Bertz CT molecular complexity index is 939. The van der Waals surface area contributed by atoms with Gasteiger partial charge in [-0.25, -0.2) is 9.97 Å². The lowest BCUT2D eigenvalue weighted by atomic mass is 10.1. The highest BCUT2D eigenvalue weighted by Crippen LogP contribution is 2.19. The zero-order valence-corrected chi connectivity index (χ0v) is 19.4. The molecule has 0 aliphatic carbocycles. The average Bonchev–Trinajstić information content (AvgIpc) is 3.05. The third-order valence-corrected chi connectivity index (χ3v) is 5.79. The summed E-state index contributed by atoms with van der Waals surface area (Å²) in [6.45, 7) is 12.7. The van der Waals surface area contributed by atoms with Crippen molar-refractivity contribution < 1.29 is 0 Å². The normalized spacial score (nSPS) is 13.3. The van der Waals surface area contributed by atoms with E-state index in [1.807, 2.05) is 29.5 Å². The Hall–Kier alpha value is -2.90. The fraction of sp³-hybridized carbons (Fsp3) is 0.545. The van der Waals surface area contributed by atoms with Crippen LogP contribution < -0.4 is 10.6 Å². The first-order chi connectivity index (χ1) is 14.2. The van der Waals surface area contributed by atoms with Crippen LogP contribution in [-0.2, 0) is 26.9 Å². The number of hydrogen-bond acceptors (Lipinski definition) is 6. The summed E-state index contributed by atoms with van der Waals surface area (Å²) in [6, 6.07) is 2.43. The number of nitrogens with zero attached hydrogens (tertiary/aromatic N) is 6. The Balaban J connectivity index is 1.62. The number of aromatic nitrogens is 6. The van der Waals surface area contributed by atoms with E-state index in [1.165, 1.54) is 22.5 Å². The van der Waals surface area contributed by atoms with Gasteiger partial charge in [0.1, 0.15) is 18.0 Å². The van der Waals surface area contributed by atoms with Gasteiger partial charge in [-0.05, 0) is 65.5 Å². The number of hydrogen-bond donors (Lipinski definition) is 2. The van der Waals surface area contributed by atoms with Crippen LogP contribution in [0.2, 0.25) is 0 Å². The standard InChI is InChI=1S/C22H34N8/c1-13(9-19-15(3)27-29(7)17(19)5)25-21-11-22(24-12-23-21)26-14(2)10-20-16(4)28-30(8)18(20)6/h11-14H,9-10H2,1-8H3,(H2,23,24,25,26).